The van der Waals surface area contributed by atoms with Gasteiger partial charge in [0.25, 0.3) is 0 Å². The Kier molecular flexibility index (Phi) is 6.04. The van der Waals surface area contributed by atoms with E-state index in [0.29, 0.717) is 12.0 Å². The third kappa shape index (κ3) is 4.72. The molecule has 3 N–H and O–H groups in total. The van der Waals surface area contributed by atoms with Crippen LogP contribution >= 0.6 is 11.8 Å². The van der Waals surface area contributed by atoms with Gasteiger partial charge < -0.3 is 5.11 Å². The molecule has 3 rings (SSSR count). The van der Waals surface area contributed by atoms with Gasteiger partial charge in [0.15, 0.2) is 0 Å². The maximum absolute atomic E-state index is 10.2. The lowest BCUT2D eigenvalue weighted by Gasteiger charge is -2.21. The summed E-state index contributed by atoms with van der Waals surface area (Å²) in [6.07, 6.45) is 16.6. The van der Waals surface area contributed by atoms with E-state index in [0.717, 1.165) is 4.91 Å². The molecular formula is C17H30N2OS. The Balaban J connectivity index is 1.51. The molecule has 1 heterocycles. The zero-order valence-corrected chi connectivity index (χ0v) is 13.8. The van der Waals surface area contributed by atoms with Crippen LogP contribution in [0.3, 0.4) is 0 Å². The molecule has 0 spiro atoms. The average Bonchev–Trinajstić information content (AvgIpc) is 2.68. The molecule has 0 bridgehead atoms. The van der Waals surface area contributed by atoms with Crippen LogP contribution in [0.1, 0.15) is 70.6 Å². The number of nitrogens with one attached hydrogen (secondary N) is 2. The number of allylic oxidation sites excluding steroid dienone is 1. The molecule has 3 nitrogen and oxygen atoms in total. The summed E-state index contributed by atoms with van der Waals surface area (Å²) in [7, 11) is 0. The molecule has 0 aromatic heterocycles. The van der Waals surface area contributed by atoms with Crippen LogP contribution in [0.4, 0.5) is 0 Å². The van der Waals surface area contributed by atoms with Crippen molar-refractivity contribution in [2.24, 2.45) is 5.92 Å². The number of hydrogen-bond acceptors (Lipinski definition) is 4. The zero-order valence-electron chi connectivity index (χ0n) is 13.0. The quantitative estimate of drug-likeness (QED) is 0.696. The highest BCUT2D eigenvalue weighted by Gasteiger charge is 2.30. The predicted octanol–water partition coefficient (Wildman–Crippen LogP) is 3.70. The van der Waals surface area contributed by atoms with E-state index >= 15 is 0 Å². The number of aliphatic hydroxyl groups excluding tert-OH is 1. The minimum Gasteiger partial charge on any atom is -0.374 e. The predicted molar refractivity (Wildman–Crippen MR) is 89.8 cm³/mol. The van der Waals surface area contributed by atoms with E-state index in [9.17, 15) is 5.11 Å². The topological polar surface area (TPSA) is 44.3 Å². The average molecular weight is 311 g/mol. The van der Waals surface area contributed by atoms with Crippen LogP contribution in [0.2, 0.25) is 0 Å². The molecule has 0 aromatic rings. The van der Waals surface area contributed by atoms with Gasteiger partial charge >= 0.3 is 0 Å². The summed E-state index contributed by atoms with van der Waals surface area (Å²) in [5.74, 6) is 0.689. The second-order valence-corrected chi connectivity index (χ2v) is 8.07. The first-order valence-electron chi connectivity index (χ1n) is 8.90. The van der Waals surface area contributed by atoms with Crippen molar-refractivity contribution in [1.82, 2.24) is 10.6 Å². The van der Waals surface area contributed by atoms with Crippen LogP contribution in [-0.2, 0) is 0 Å². The maximum atomic E-state index is 10.2. The van der Waals surface area contributed by atoms with Crippen molar-refractivity contribution < 1.29 is 5.11 Å². The molecular weight excluding hydrogens is 280 g/mol. The van der Waals surface area contributed by atoms with Crippen molar-refractivity contribution in [2.45, 2.75) is 88.4 Å². The van der Waals surface area contributed by atoms with Gasteiger partial charge in [-0.3, -0.25) is 10.6 Å². The normalized spacial score (nSPS) is 35.2. The molecule has 120 valence electrons. The molecule has 2 aliphatic carbocycles. The standard InChI is InChI=1S/C17H30N2OS/c20-16-15(12-13-8-4-3-5-9-13)21-17(19-16)18-14-10-6-1-2-7-11-14/h12-14,16-20H,1-11H2/b15-12+. The molecule has 0 amide bonds. The maximum Gasteiger partial charge on any atom is 0.138 e. The van der Waals surface area contributed by atoms with Gasteiger partial charge in [0.05, 0.1) is 0 Å². The van der Waals surface area contributed by atoms with Gasteiger partial charge in [0, 0.05) is 10.9 Å². The van der Waals surface area contributed by atoms with E-state index in [-0.39, 0.29) is 5.50 Å². The lowest BCUT2D eigenvalue weighted by atomic mass is 9.89. The SMILES string of the molecule is OC1NC(NC2CCCCCC2)S/C1=C/C1CCCCC1. The van der Waals surface area contributed by atoms with Crippen LogP contribution in [0.5, 0.6) is 0 Å². The highest BCUT2D eigenvalue weighted by molar-refractivity contribution is 8.03. The third-order valence-electron chi connectivity index (χ3n) is 5.12. The minimum absolute atomic E-state index is 0.193. The summed E-state index contributed by atoms with van der Waals surface area (Å²) in [4.78, 5) is 1.15. The number of rotatable bonds is 3. The van der Waals surface area contributed by atoms with Crippen molar-refractivity contribution in [2.75, 3.05) is 0 Å². The fourth-order valence-corrected chi connectivity index (χ4v) is 5.06. The number of thioether (sulfide) groups is 1. The molecule has 2 saturated carbocycles. The molecule has 1 saturated heterocycles. The Morgan fingerprint density at radius 2 is 1.57 bits per heavy atom. The molecule has 1 aliphatic heterocycles. The largest absolute Gasteiger partial charge is 0.374 e. The summed E-state index contributed by atoms with van der Waals surface area (Å²) < 4.78 is 0. The van der Waals surface area contributed by atoms with E-state index in [2.05, 4.69) is 16.7 Å². The van der Waals surface area contributed by atoms with Gasteiger partial charge in [-0.25, -0.2) is 0 Å². The second-order valence-electron chi connectivity index (χ2n) is 6.89. The first-order chi connectivity index (χ1) is 10.3. The first-order valence-corrected chi connectivity index (χ1v) is 9.78. The summed E-state index contributed by atoms with van der Waals surface area (Å²) in [6.45, 7) is 0. The van der Waals surface area contributed by atoms with Crippen molar-refractivity contribution >= 4 is 11.8 Å². The Morgan fingerprint density at radius 3 is 2.29 bits per heavy atom. The van der Waals surface area contributed by atoms with Gasteiger partial charge in [-0.2, -0.15) is 0 Å². The fraction of sp³-hybridized carbons (Fsp3) is 0.882. The lowest BCUT2D eigenvalue weighted by Crippen LogP contribution is -2.44. The summed E-state index contributed by atoms with van der Waals surface area (Å²) in [6, 6.07) is 0.624. The Hall–Kier alpha value is -0.0300. The van der Waals surface area contributed by atoms with Crippen molar-refractivity contribution in [3.63, 3.8) is 0 Å². The smallest absolute Gasteiger partial charge is 0.138 e. The molecule has 2 atom stereocenters. The van der Waals surface area contributed by atoms with Gasteiger partial charge in [-0.05, 0) is 31.6 Å². The molecule has 3 aliphatic rings. The molecule has 4 heteroatoms. The van der Waals surface area contributed by atoms with Crippen molar-refractivity contribution in [3.05, 3.63) is 11.0 Å². The Labute approximate surface area is 133 Å². The van der Waals surface area contributed by atoms with Crippen LogP contribution in [-0.4, -0.2) is 22.9 Å². The van der Waals surface area contributed by atoms with E-state index in [4.69, 9.17) is 0 Å². The third-order valence-corrected chi connectivity index (χ3v) is 6.26. The van der Waals surface area contributed by atoms with Gasteiger partial charge in [-0.1, -0.05) is 62.8 Å². The fourth-order valence-electron chi connectivity index (χ4n) is 3.87. The summed E-state index contributed by atoms with van der Waals surface area (Å²) in [5.41, 5.74) is 0.193. The molecule has 0 radical (unpaired) electrons. The van der Waals surface area contributed by atoms with Crippen LogP contribution in [0.25, 0.3) is 0 Å². The minimum atomic E-state index is -0.458. The van der Waals surface area contributed by atoms with E-state index < -0.39 is 6.23 Å². The first kappa shape index (κ1) is 15.9. The molecule has 21 heavy (non-hydrogen) atoms. The van der Waals surface area contributed by atoms with Crippen molar-refractivity contribution in [1.29, 1.82) is 0 Å². The van der Waals surface area contributed by atoms with Crippen molar-refractivity contribution in [3.8, 4) is 0 Å². The molecule has 0 aromatic carbocycles. The van der Waals surface area contributed by atoms with E-state index in [1.807, 2.05) is 0 Å². The summed E-state index contributed by atoms with van der Waals surface area (Å²) in [5, 5.41) is 17.2. The highest BCUT2D eigenvalue weighted by atomic mass is 32.2. The van der Waals surface area contributed by atoms with Gasteiger partial charge in [0.2, 0.25) is 0 Å². The zero-order chi connectivity index (χ0) is 14.5. The van der Waals surface area contributed by atoms with Gasteiger partial charge in [-0.15, -0.1) is 0 Å². The number of aliphatic hydroxyl groups is 1. The Morgan fingerprint density at radius 1 is 0.952 bits per heavy atom. The highest BCUT2D eigenvalue weighted by Crippen LogP contribution is 2.34. The summed E-state index contributed by atoms with van der Waals surface area (Å²) >= 11 is 1.80. The molecule has 3 fully saturated rings. The Bertz CT molecular complexity index is 347. The lowest BCUT2D eigenvalue weighted by molar-refractivity contribution is 0.176. The van der Waals surface area contributed by atoms with Crippen LogP contribution in [0, 0.1) is 5.92 Å². The van der Waals surface area contributed by atoms with Crippen LogP contribution in [0.15, 0.2) is 11.0 Å². The molecule has 2 unspecified atom stereocenters. The van der Waals surface area contributed by atoms with Gasteiger partial charge in [0.1, 0.15) is 11.7 Å². The van der Waals surface area contributed by atoms with E-state index in [1.54, 1.807) is 11.8 Å². The second kappa shape index (κ2) is 8.00. The van der Waals surface area contributed by atoms with E-state index in [1.165, 1.54) is 70.6 Å². The number of hydrogen-bond donors (Lipinski definition) is 3. The monoisotopic (exact) mass is 310 g/mol. The van der Waals surface area contributed by atoms with Crippen LogP contribution < -0.4 is 10.6 Å².